The Morgan fingerprint density at radius 2 is 1.10 bits per heavy atom. The van der Waals surface area contributed by atoms with Gasteiger partial charge >= 0.3 is 28.4 Å². The molecule has 0 bridgehead atoms. The van der Waals surface area contributed by atoms with E-state index < -0.39 is 69.5 Å². The molecule has 220 valence electrons. The summed E-state index contributed by atoms with van der Waals surface area (Å²) in [5.41, 5.74) is -13.0. The zero-order valence-corrected chi connectivity index (χ0v) is 22.4. The number of nitro groups is 6. The number of nitrogens with zero attached hydrogens (tertiary/aromatic N) is 8. The summed E-state index contributed by atoms with van der Waals surface area (Å²) in [6.45, 7) is 3.51. The van der Waals surface area contributed by atoms with Crippen molar-refractivity contribution in [3.8, 4) is 0 Å². The highest BCUT2D eigenvalue weighted by molar-refractivity contribution is 7.80. The average molecular weight is 601 g/mol. The summed E-state index contributed by atoms with van der Waals surface area (Å²) in [5.74, 6) is 0. The molecule has 0 aliphatic carbocycles. The second-order valence-corrected chi connectivity index (χ2v) is 9.19. The lowest BCUT2D eigenvalue weighted by Crippen LogP contribution is -2.37. The van der Waals surface area contributed by atoms with Crippen LogP contribution < -0.4 is 5.01 Å². The molecule has 0 amide bonds. The van der Waals surface area contributed by atoms with E-state index in [1.54, 1.807) is 6.92 Å². The Morgan fingerprint density at radius 3 is 1.39 bits per heavy atom. The number of anilines is 2. The van der Waals surface area contributed by atoms with Crippen LogP contribution in [0.15, 0.2) is 30.3 Å². The van der Waals surface area contributed by atoms with Gasteiger partial charge in [0.2, 0.25) is 0 Å². The van der Waals surface area contributed by atoms with Crippen molar-refractivity contribution in [3.63, 3.8) is 0 Å². The number of benzene rings is 2. The van der Waals surface area contributed by atoms with Crippen molar-refractivity contribution in [3.05, 3.63) is 91.0 Å². The van der Waals surface area contributed by atoms with Gasteiger partial charge in [0.15, 0.2) is 10.1 Å². The largest absolute Gasteiger partial charge is 0.481 e. The monoisotopic (exact) mass is 601 g/mol. The number of rotatable bonds is 11. The second kappa shape index (κ2) is 13.5. The first kappa shape index (κ1) is 33.5. The Bertz CT molecular complexity index is 1360. The lowest BCUT2D eigenvalue weighted by Gasteiger charge is -2.23. The van der Waals surface area contributed by atoms with Crippen molar-refractivity contribution in [2.45, 2.75) is 6.92 Å². The van der Waals surface area contributed by atoms with Crippen LogP contribution in [0.1, 0.15) is 6.92 Å². The zero-order chi connectivity index (χ0) is 31.8. The molecule has 22 heteroatoms. The minimum absolute atomic E-state index is 0.375. The number of thiocarbonyl (C=S) groups is 1. The van der Waals surface area contributed by atoms with Crippen molar-refractivity contribution in [1.82, 2.24) is 0 Å². The summed E-state index contributed by atoms with van der Waals surface area (Å²) in [4.78, 5) is 60.1. The number of likely N-dealkylation sites (N-methyl/N-ethyl adjacent to an activating group) is 1. The predicted molar refractivity (Wildman–Crippen MR) is 142 cm³/mol. The van der Waals surface area contributed by atoms with Gasteiger partial charge in [0.25, 0.3) is 5.69 Å². The number of hydrazine groups is 1. The zero-order valence-electron chi connectivity index (χ0n) is 21.6. The molecule has 0 saturated heterocycles. The molecule has 2 aromatic rings. The van der Waals surface area contributed by atoms with Crippen LogP contribution in [0, 0.1) is 60.7 Å². The van der Waals surface area contributed by atoms with Gasteiger partial charge in [-0.15, -0.1) is 0 Å². The SMILES string of the molecule is CC(=S)OCC[N+](C)(C)C.O=[N+]([O-])c1c(N(c2ccccc2)[N+](=O)[O-])c([N+](=O)[O-])c([N+](=O)[O-])c([N+](=O)[O-])c1[N+](=O)[O-]. The van der Waals surface area contributed by atoms with E-state index in [0.29, 0.717) is 5.05 Å². The maximum atomic E-state index is 11.6. The molecule has 0 fully saturated rings. The second-order valence-electron chi connectivity index (χ2n) is 8.62. The summed E-state index contributed by atoms with van der Waals surface area (Å²) in [5, 5.41) is 67.7. The maximum Gasteiger partial charge on any atom is 0.437 e. The van der Waals surface area contributed by atoms with E-state index in [0.717, 1.165) is 41.9 Å². The van der Waals surface area contributed by atoms with Crippen LogP contribution in [0.2, 0.25) is 0 Å². The lowest BCUT2D eigenvalue weighted by molar-refractivity contribution is -0.870. The molecule has 0 aliphatic heterocycles. The van der Waals surface area contributed by atoms with Gasteiger partial charge in [0, 0.05) is 6.92 Å². The van der Waals surface area contributed by atoms with Crippen molar-refractivity contribution in [2.75, 3.05) is 39.3 Å². The van der Waals surface area contributed by atoms with Crippen molar-refractivity contribution in [2.24, 2.45) is 0 Å². The molecule has 0 heterocycles. The van der Waals surface area contributed by atoms with Gasteiger partial charge < -0.3 is 9.22 Å². The number of para-hydroxylation sites is 1. The lowest BCUT2D eigenvalue weighted by atomic mass is 10.1. The van der Waals surface area contributed by atoms with Gasteiger partial charge in [0.05, 0.1) is 45.8 Å². The summed E-state index contributed by atoms with van der Waals surface area (Å²) in [7, 11) is 6.38. The molecule has 0 saturated carbocycles. The molecule has 0 aromatic heterocycles. The highest BCUT2D eigenvalue weighted by Crippen LogP contribution is 2.56. The minimum atomic E-state index is -2.17. The van der Waals surface area contributed by atoms with Crippen molar-refractivity contribution in [1.29, 1.82) is 0 Å². The van der Waals surface area contributed by atoms with Crippen LogP contribution in [0.3, 0.4) is 0 Å². The van der Waals surface area contributed by atoms with E-state index in [1.165, 1.54) is 6.07 Å². The Hall–Kier alpha value is -5.51. The summed E-state index contributed by atoms with van der Waals surface area (Å²) in [6.07, 6.45) is 0. The van der Waals surface area contributed by atoms with E-state index in [-0.39, 0.29) is 5.01 Å². The molecule has 2 rings (SSSR count). The van der Waals surface area contributed by atoms with Gasteiger partial charge in [-0.1, -0.05) is 18.2 Å². The van der Waals surface area contributed by atoms with E-state index in [1.807, 2.05) is 0 Å². The highest BCUT2D eigenvalue weighted by atomic mass is 32.1. The third-order valence-electron chi connectivity index (χ3n) is 4.70. The van der Waals surface area contributed by atoms with E-state index in [4.69, 9.17) is 17.0 Å². The van der Waals surface area contributed by atoms with Gasteiger partial charge in [-0.25, -0.2) is 10.1 Å². The molecule has 2 aromatic carbocycles. The molecule has 0 unspecified atom stereocenters. The molecular weight excluding hydrogens is 580 g/mol. The Balaban J connectivity index is 0.000000716. The number of hydrogen-bond donors (Lipinski definition) is 0. The van der Waals surface area contributed by atoms with Gasteiger partial charge in [0.1, 0.15) is 18.8 Å². The molecular formula is C19H21N8O13S+. The van der Waals surface area contributed by atoms with E-state index in [2.05, 4.69) is 21.1 Å². The van der Waals surface area contributed by atoms with Gasteiger partial charge in [-0.3, -0.25) is 50.6 Å². The molecule has 0 spiro atoms. The summed E-state index contributed by atoms with van der Waals surface area (Å²) >= 11 is 4.75. The van der Waals surface area contributed by atoms with Crippen LogP contribution >= 0.6 is 12.2 Å². The third kappa shape index (κ3) is 8.49. The number of nitro benzene ring substituents is 5. The summed E-state index contributed by atoms with van der Waals surface area (Å²) < 4.78 is 6.05. The minimum Gasteiger partial charge on any atom is -0.481 e. The first-order valence-electron chi connectivity index (χ1n) is 10.7. The third-order valence-corrected chi connectivity index (χ3v) is 4.82. The molecule has 0 atom stereocenters. The van der Waals surface area contributed by atoms with Crippen molar-refractivity contribution >= 4 is 57.1 Å². The van der Waals surface area contributed by atoms with Crippen LogP contribution in [0.4, 0.5) is 39.8 Å². The number of hydrogen-bond acceptors (Lipinski definition) is 14. The normalized spacial score (nSPS) is 10.4. The molecule has 0 aliphatic rings. The predicted octanol–water partition coefficient (Wildman–Crippen LogP) is 3.61. The molecule has 41 heavy (non-hydrogen) atoms. The van der Waals surface area contributed by atoms with Gasteiger partial charge in [-0.2, -0.15) is 0 Å². The number of ether oxygens (including phenoxy) is 1. The fourth-order valence-corrected chi connectivity index (χ4v) is 3.16. The topological polar surface area (TPSA) is 271 Å². The van der Waals surface area contributed by atoms with Crippen LogP contribution in [0.5, 0.6) is 0 Å². The van der Waals surface area contributed by atoms with Crippen LogP contribution in [-0.2, 0) is 4.74 Å². The quantitative estimate of drug-likeness (QED) is 0.154. The Morgan fingerprint density at radius 1 is 0.732 bits per heavy atom. The maximum absolute atomic E-state index is 11.6. The molecule has 0 N–H and O–H groups in total. The fourth-order valence-electron chi connectivity index (χ4n) is 3.08. The number of quaternary nitrogens is 1. The standard InChI is InChI=1S/C12H5N7O12.C7H16NOS/c20-14(21)8-7(13(19(30)31)6-4-2-1-3-5-6)9(15(22)23)11(17(26)27)12(18(28)29)10(8)16(24)25;1-7(10)9-6-5-8(2,3)4/h1-5H;5-6H2,1-4H3/q;+1. The van der Waals surface area contributed by atoms with Crippen LogP contribution in [0.25, 0.3) is 0 Å². The Labute approximate surface area is 233 Å². The van der Waals surface area contributed by atoms with E-state index in [9.17, 15) is 60.7 Å². The summed E-state index contributed by atoms with van der Waals surface area (Å²) in [6, 6.07) is 5.45. The Kier molecular flexibility index (Phi) is 11.1. The van der Waals surface area contributed by atoms with Crippen molar-refractivity contribution < 1.29 is 38.9 Å². The first-order chi connectivity index (χ1) is 18.8. The highest BCUT2D eigenvalue weighted by Gasteiger charge is 2.58. The van der Waals surface area contributed by atoms with E-state index >= 15 is 0 Å². The fraction of sp³-hybridized carbons (Fsp3) is 0.316. The van der Waals surface area contributed by atoms with Crippen LogP contribution in [-0.4, -0.2) is 73.5 Å². The average Bonchev–Trinajstić information content (AvgIpc) is 2.82. The van der Waals surface area contributed by atoms with Gasteiger partial charge in [-0.05, 0) is 29.4 Å². The molecule has 21 nitrogen and oxygen atoms in total. The first-order valence-corrected chi connectivity index (χ1v) is 11.1. The smallest absolute Gasteiger partial charge is 0.437 e. The molecule has 0 radical (unpaired) electrons.